The Kier molecular flexibility index (Phi) is 8.67. The zero-order valence-electron chi connectivity index (χ0n) is 22.6. The molecule has 7 nitrogen and oxygen atoms in total. The summed E-state index contributed by atoms with van der Waals surface area (Å²) in [7, 11) is -3.94. The van der Waals surface area contributed by atoms with E-state index in [4.69, 9.17) is 9.15 Å². The minimum Gasteiger partial charge on any atom is -0.425 e. The largest absolute Gasteiger partial charge is 0.425 e. The molecule has 204 valence electrons. The van der Waals surface area contributed by atoms with Gasteiger partial charge in [0.1, 0.15) is 17.4 Å². The summed E-state index contributed by atoms with van der Waals surface area (Å²) < 4.78 is 39.9. The number of hydrogen-bond donors (Lipinski definition) is 1. The molecule has 0 radical (unpaired) electrons. The van der Waals surface area contributed by atoms with Gasteiger partial charge in [-0.1, -0.05) is 67.8 Å². The molecule has 0 unspecified atom stereocenters. The number of carbonyl (C=O) groups excluding carboxylic acids is 1. The first kappa shape index (κ1) is 28.3. The highest BCUT2D eigenvalue weighted by Crippen LogP contribution is 2.30. The summed E-state index contributed by atoms with van der Waals surface area (Å²) in [4.78, 5) is 26.2. The number of unbranched alkanes of at least 4 members (excludes halogenated alkanes) is 1. The molecule has 0 saturated heterocycles. The second kappa shape index (κ2) is 12.0. The van der Waals surface area contributed by atoms with Crippen molar-refractivity contribution in [2.24, 2.45) is 0 Å². The van der Waals surface area contributed by atoms with Crippen LogP contribution in [0.1, 0.15) is 54.0 Å². The van der Waals surface area contributed by atoms with Crippen LogP contribution in [0.25, 0.3) is 11.0 Å². The zero-order valence-corrected chi connectivity index (χ0v) is 23.4. The average molecular weight is 548 g/mol. The standard InChI is InChI=1S/C31H33NO6S/c1-5-6-12-27(32-39(35,36)24-15-13-20(2)14-16-24)31(34)37-28-18-17-25-21(3)26(19-23-10-8-7-9-11-23)30(33)38-29(25)22(28)4/h7-11,13-18,27,32H,5-6,12,19H2,1-4H3/t27-/m1/s1. The van der Waals surface area contributed by atoms with Gasteiger partial charge < -0.3 is 9.15 Å². The third-order valence-corrected chi connectivity index (χ3v) is 8.34. The summed E-state index contributed by atoms with van der Waals surface area (Å²) in [5.74, 6) is -0.511. The lowest BCUT2D eigenvalue weighted by molar-refractivity contribution is -0.136. The van der Waals surface area contributed by atoms with Crippen LogP contribution >= 0.6 is 0 Å². The smallest absolute Gasteiger partial charge is 0.340 e. The highest BCUT2D eigenvalue weighted by Gasteiger charge is 2.28. The molecule has 4 rings (SSSR count). The van der Waals surface area contributed by atoms with E-state index in [-0.39, 0.29) is 17.1 Å². The van der Waals surface area contributed by atoms with Gasteiger partial charge >= 0.3 is 11.6 Å². The Balaban J connectivity index is 1.61. The normalized spacial score (nSPS) is 12.4. The summed E-state index contributed by atoms with van der Waals surface area (Å²) in [6, 6.07) is 18.4. The second-order valence-corrected chi connectivity index (χ2v) is 11.5. The van der Waals surface area contributed by atoms with Crippen LogP contribution in [0, 0.1) is 20.8 Å². The van der Waals surface area contributed by atoms with Crippen molar-refractivity contribution in [3.63, 3.8) is 0 Å². The number of ether oxygens (including phenoxy) is 1. The monoisotopic (exact) mass is 547 g/mol. The fraction of sp³-hybridized carbons (Fsp3) is 0.290. The van der Waals surface area contributed by atoms with E-state index in [9.17, 15) is 18.0 Å². The quantitative estimate of drug-likeness (QED) is 0.154. The SMILES string of the molecule is CCCC[C@@H](NS(=O)(=O)c1ccc(C)cc1)C(=O)Oc1ccc2c(C)c(Cc3ccccc3)c(=O)oc2c1C. The number of aryl methyl sites for hydroxylation is 3. The zero-order chi connectivity index (χ0) is 28.2. The molecule has 1 aromatic heterocycles. The lowest BCUT2D eigenvalue weighted by atomic mass is 9.98. The molecule has 0 aliphatic heterocycles. The first-order chi connectivity index (χ1) is 18.6. The summed E-state index contributed by atoms with van der Waals surface area (Å²) in [5, 5.41) is 0.750. The van der Waals surface area contributed by atoms with Crippen LogP contribution in [0.5, 0.6) is 5.75 Å². The van der Waals surface area contributed by atoms with Gasteiger partial charge in [-0.15, -0.1) is 0 Å². The van der Waals surface area contributed by atoms with E-state index in [0.717, 1.165) is 28.5 Å². The predicted molar refractivity (Wildman–Crippen MR) is 152 cm³/mol. The van der Waals surface area contributed by atoms with Crippen molar-refractivity contribution in [1.29, 1.82) is 0 Å². The van der Waals surface area contributed by atoms with Gasteiger partial charge in [0.05, 0.1) is 4.90 Å². The third-order valence-electron chi connectivity index (χ3n) is 6.85. The molecule has 0 aliphatic carbocycles. The lowest BCUT2D eigenvalue weighted by Crippen LogP contribution is -2.43. The highest BCUT2D eigenvalue weighted by molar-refractivity contribution is 7.89. The molecule has 0 amide bonds. The minimum absolute atomic E-state index is 0.0767. The van der Waals surface area contributed by atoms with Crippen molar-refractivity contribution in [1.82, 2.24) is 4.72 Å². The molecule has 0 spiro atoms. The maximum Gasteiger partial charge on any atom is 0.340 e. The molecule has 4 aromatic rings. The Morgan fingerprint density at radius 1 is 0.949 bits per heavy atom. The molecule has 3 aromatic carbocycles. The van der Waals surface area contributed by atoms with Gasteiger partial charge in [0, 0.05) is 22.9 Å². The van der Waals surface area contributed by atoms with Gasteiger partial charge in [0.2, 0.25) is 10.0 Å². The molecular formula is C31H33NO6S. The molecule has 39 heavy (non-hydrogen) atoms. The Morgan fingerprint density at radius 2 is 1.64 bits per heavy atom. The lowest BCUT2D eigenvalue weighted by Gasteiger charge is -2.19. The van der Waals surface area contributed by atoms with E-state index in [0.29, 0.717) is 29.6 Å². The van der Waals surface area contributed by atoms with Crippen LogP contribution in [-0.4, -0.2) is 20.4 Å². The molecule has 8 heteroatoms. The van der Waals surface area contributed by atoms with Gasteiger partial charge in [-0.25, -0.2) is 18.0 Å². The minimum atomic E-state index is -3.94. The van der Waals surface area contributed by atoms with Crippen LogP contribution in [0.4, 0.5) is 0 Å². The van der Waals surface area contributed by atoms with Crippen molar-refractivity contribution in [2.75, 3.05) is 0 Å². The number of carbonyl (C=O) groups is 1. The van der Waals surface area contributed by atoms with Gasteiger partial charge in [0.25, 0.3) is 0 Å². The van der Waals surface area contributed by atoms with Gasteiger partial charge in [-0.3, -0.25) is 0 Å². The number of hydrogen-bond acceptors (Lipinski definition) is 6. The Labute approximate surface area is 228 Å². The summed E-state index contributed by atoms with van der Waals surface area (Å²) in [5.41, 5.74) is 3.69. The van der Waals surface area contributed by atoms with Gasteiger partial charge in [-0.2, -0.15) is 4.72 Å². The van der Waals surface area contributed by atoms with E-state index in [1.54, 1.807) is 31.2 Å². The molecule has 1 atom stereocenters. The molecule has 0 aliphatic rings. The van der Waals surface area contributed by atoms with E-state index >= 15 is 0 Å². The summed E-state index contributed by atoms with van der Waals surface area (Å²) in [6.07, 6.45) is 2.14. The molecule has 0 bridgehead atoms. The fourth-order valence-corrected chi connectivity index (χ4v) is 5.69. The van der Waals surface area contributed by atoms with Crippen LogP contribution in [0.2, 0.25) is 0 Å². The fourth-order valence-electron chi connectivity index (χ4n) is 4.47. The van der Waals surface area contributed by atoms with E-state index in [1.807, 2.05) is 51.1 Å². The van der Waals surface area contributed by atoms with E-state index in [2.05, 4.69) is 4.72 Å². The number of rotatable bonds is 10. The number of sulfonamides is 1. The predicted octanol–water partition coefficient (Wildman–Crippen LogP) is 5.75. The molecule has 1 N–H and O–H groups in total. The Bertz CT molecular complexity index is 1640. The first-order valence-corrected chi connectivity index (χ1v) is 14.5. The number of esters is 1. The van der Waals surface area contributed by atoms with Crippen LogP contribution in [0.15, 0.2) is 80.8 Å². The Morgan fingerprint density at radius 3 is 2.31 bits per heavy atom. The van der Waals surface area contributed by atoms with Crippen LogP contribution < -0.4 is 15.1 Å². The topological polar surface area (TPSA) is 103 Å². The maximum absolute atomic E-state index is 13.2. The van der Waals surface area contributed by atoms with Gasteiger partial charge in [0.15, 0.2) is 0 Å². The van der Waals surface area contributed by atoms with E-state index < -0.39 is 27.7 Å². The number of nitrogens with one attached hydrogen (secondary N) is 1. The number of benzene rings is 3. The average Bonchev–Trinajstić information content (AvgIpc) is 2.91. The van der Waals surface area contributed by atoms with Crippen molar-refractivity contribution in [2.45, 2.75) is 64.3 Å². The van der Waals surface area contributed by atoms with E-state index in [1.165, 1.54) is 12.1 Å². The Hall–Kier alpha value is -3.75. The summed E-state index contributed by atoms with van der Waals surface area (Å²) >= 11 is 0. The molecule has 0 fully saturated rings. The summed E-state index contributed by atoms with van der Waals surface area (Å²) in [6.45, 7) is 7.41. The molecule has 1 heterocycles. The third kappa shape index (κ3) is 6.46. The maximum atomic E-state index is 13.2. The highest BCUT2D eigenvalue weighted by atomic mass is 32.2. The van der Waals surface area contributed by atoms with Crippen molar-refractivity contribution in [3.8, 4) is 5.75 Å². The van der Waals surface area contributed by atoms with Gasteiger partial charge in [-0.05, 0) is 62.6 Å². The molecular weight excluding hydrogens is 514 g/mol. The van der Waals surface area contributed by atoms with Crippen molar-refractivity contribution < 1.29 is 22.4 Å². The van der Waals surface area contributed by atoms with Crippen molar-refractivity contribution >= 4 is 27.0 Å². The second-order valence-electron chi connectivity index (χ2n) is 9.77. The van der Waals surface area contributed by atoms with Crippen LogP contribution in [0.3, 0.4) is 0 Å². The number of fused-ring (bicyclic) bond motifs is 1. The van der Waals surface area contributed by atoms with Crippen molar-refractivity contribution in [3.05, 3.63) is 105 Å². The molecule has 0 saturated carbocycles. The van der Waals surface area contributed by atoms with Crippen LogP contribution in [-0.2, 0) is 21.2 Å². The first-order valence-electron chi connectivity index (χ1n) is 13.0.